The van der Waals surface area contributed by atoms with Crippen LogP contribution in [0.5, 0.6) is 0 Å². The summed E-state index contributed by atoms with van der Waals surface area (Å²) >= 11 is 0. The molecule has 0 spiro atoms. The monoisotopic (exact) mass is 428 g/mol. The highest BCUT2D eigenvalue weighted by Gasteiger charge is 2.29. The summed E-state index contributed by atoms with van der Waals surface area (Å²) in [5, 5.41) is 9.59. The van der Waals surface area contributed by atoms with Gasteiger partial charge in [-0.1, -0.05) is 25.1 Å². The minimum Gasteiger partial charge on any atom is -0.465 e. The van der Waals surface area contributed by atoms with E-state index < -0.39 is 5.97 Å². The molecule has 0 bridgehead atoms. The Hall–Kier alpha value is -3.97. The molecular formula is C25H24N4O3. The SMILES string of the molecule is CCNCc1ccc(NC(=C2C(=O)Nc3cc(C(=O)OC)ccc32)c2ccncc2)cc1. The molecule has 0 saturated heterocycles. The molecule has 0 unspecified atom stereocenters. The molecule has 0 saturated carbocycles. The van der Waals surface area contributed by atoms with E-state index in [2.05, 4.69) is 27.9 Å². The van der Waals surface area contributed by atoms with Gasteiger partial charge in [-0.05, 0) is 48.5 Å². The number of pyridine rings is 1. The Bertz CT molecular complexity index is 1170. The zero-order valence-electron chi connectivity index (χ0n) is 17.9. The van der Waals surface area contributed by atoms with Crippen LogP contribution in [-0.2, 0) is 16.1 Å². The molecule has 7 heteroatoms. The second-order valence-corrected chi connectivity index (χ2v) is 7.29. The van der Waals surface area contributed by atoms with Crippen LogP contribution in [0.1, 0.15) is 34.0 Å². The number of ether oxygens (including phenoxy) is 1. The number of fused-ring (bicyclic) bond motifs is 1. The van der Waals surface area contributed by atoms with Crippen LogP contribution < -0.4 is 16.0 Å². The van der Waals surface area contributed by atoms with E-state index in [1.54, 1.807) is 30.6 Å². The third kappa shape index (κ3) is 4.38. The lowest BCUT2D eigenvalue weighted by Crippen LogP contribution is -2.12. The average Bonchev–Trinajstić information content (AvgIpc) is 3.16. The van der Waals surface area contributed by atoms with Crippen LogP contribution in [0.25, 0.3) is 11.3 Å². The van der Waals surface area contributed by atoms with Crippen molar-refractivity contribution in [2.45, 2.75) is 13.5 Å². The molecule has 32 heavy (non-hydrogen) atoms. The van der Waals surface area contributed by atoms with Crippen molar-refractivity contribution in [3.05, 3.63) is 89.2 Å². The quantitative estimate of drug-likeness (QED) is 0.390. The number of amides is 1. The van der Waals surface area contributed by atoms with Crippen molar-refractivity contribution in [2.24, 2.45) is 0 Å². The van der Waals surface area contributed by atoms with Crippen molar-refractivity contribution in [3.8, 4) is 0 Å². The van der Waals surface area contributed by atoms with Crippen LogP contribution in [0.15, 0.2) is 67.0 Å². The summed E-state index contributed by atoms with van der Waals surface area (Å²) in [6.07, 6.45) is 3.37. The van der Waals surface area contributed by atoms with Gasteiger partial charge in [0.25, 0.3) is 5.91 Å². The molecule has 4 rings (SSSR count). The molecule has 3 N–H and O–H groups in total. The van der Waals surface area contributed by atoms with Gasteiger partial charge in [0.05, 0.1) is 29.6 Å². The lowest BCUT2D eigenvalue weighted by molar-refractivity contribution is -0.110. The molecule has 0 aliphatic carbocycles. The first kappa shape index (κ1) is 21.3. The van der Waals surface area contributed by atoms with E-state index in [0.717, 1.165) is 24.3 Å². The van der Waals surface area contributed by atoms with Crippen LogP contribution in [0, 0.1) is 0 Å². The van der Waals surface area contributed by atoms with E-state index in [1.165, 1.54) is 12.7 Å². The molecule has 0 fully saturated rings. The molecule has 1 aliphatic rings. The summed E-state index contributed by atoms with van der Waals surface area (Å²) in [5.41, 5.74) is 5.68. The number of hydrogen-bond acceptors (Lipinski definition) is 6. The molecule has 7 nitrogen and oxygen atoms in total. The van der Waals surface area contributed by atoms with Gasteiger partial charge in [-0.15, -0.1) is 0 Å². The molecule has 3 aromatic rings. The van der Waals surface area contributed by atoms with Crippen molar-refractivity contribution < 1.29 is 14.3 Å². The van der Waals surface area contributed by atoms with E-state index in [1.807, 2.05) is 36.4 Å². The predicted molar refractivity (Wildman–Crippen MR) is 125 cm³/mol. The first-order chi connectivity index (χ1) is 15.6. The highest BCUT2D eigenvalue weighted by Crippen LogP contribution is 2.38. The number of nitrogens with zero attached hydrogens (tertiary/aromatic N) is 1. The summed E-state index contributed by atoms with van der Waals surface area (Å²) in [4.78, 5) is 29.0. The first-order valence-electron chi connectivity index (χ1n) is 10.4. The normalized spacial score (nSPS) is 13.9. The fourth-order valence-corrected chi connectivity index (χ4v) is 3.58. The van der Waals surface area contributed by atoms with Gasteiger partial charge in [-0.3, -0.25) is 9.78 Å². The summed E-state index contributed by atoms with van der Waals surface area (Å²) in [5.74, 6) is -0.699. The van der Waals surface area contributed by atoms with Crippen LogP contribution >= 0.6 is 0 Å². The van der Waals surface area contributed by atoms with Gasteiger partial charge in [0.1, 0.15) is 0 Å². The zero-order valence-corrected chi connectivity index (χ0v) is 17.9. The number of esters is 1. The maximum absolute atomic E-state index is 13.0. The van der Waals surface area contributed by atoms with Crippen molar-refractivity contribution >= 4 is 34.5 Å². The number of nitrogens with one attached hydrogen (secondary N) is 3. The van der Waals surface area contributed by atoms with E-state index in [0.29, 0.717) is 28.1 Å². The van der Waals surface area contributed by atoms with Crippen LogP contribution in [0.2, 0.25) is 0 Å². The predicted octanol–water partition coefficient (Wildman–Crippen LogP) is 3.91. The Morgan fingerprint density at radius 3 is 2.47 bits per heavy atom. The number of carbonyl (C=O) groups excluding carboxylic acids is 2. The zero-order chi connectivity index (χ0) is 22.5. The fraction of sp³-hybridized carbons (Fsp3) is 0.160. The van der Waals surface area contributed by atoms with Gasteiger partial charge in [0.2, 0.25) is 0 Å². The van der Waals surface area contributed by atoms with Crippen molar-refractivity contribution in [1.29, 1.82) is 0 Å². The maximum atomic E-state index is 13.0. The van der Waals surface area contributed by atoms with Gasteiger partial charge in [-0.2, -0.15) is 0 Å². The number of anilines is 2. The Labute approximate surface area is 186 Å². The van der Waals surface area contributed by atoms with E-state index in [9.17, 15) is 9.59 Å². The van der Waals surface area contributed by atoms with Crippen molar-refractivity contribution in [2.75, 3.05) is 24.3 Å². The van der Waals surface area contributed by atoms with Crippen LogP contribution in [0.4, 0.5) is 11.4 Å². The first-order valence-corrected chi connectivity index (χ1v) is 10.4. The molecule has 0 radical (unpaired) electrons. The number of benzene rings is 2. The third-order valence-electron chi connectivity index (χ3n) is 5.21. The highest BCUT2D eigenvalue weighted by molar-refractivity contribution is 6.37. The molecule has 0 atom stereocenters. The standard InChI is InChI=1S/C25H24N4O3/c1-3-26-15-16-4-7-19(8-5-16)28-23(17-10-12-27-13-11-17)22-20-9-6-18(25(31)32-2)14-21(20)29-24(22)30/h4-14,26,28H,3,15H2,1-2H3,(H,29,30). The second-order valence-electron chi connectivity index (χ2n) is 7.29. The number of aromatic nitrogens is 1. The van der Waals surface area contributed by atoms with E-state index in [-0.39, 0.29) is 5.91 Å². The lowest BCUT2D eigenvalue weighted by atomic mass is 9.99. The highest BCUT2D eigenvalue weighted by atomic mass is 16.5. The second kappa shape index (κ2) is 9.45. The summed E-state index contributed by atoms with van der Waals surface area (Å²) in [6, 6.07) is 16.8. The Kier molecular flexibility index (Phi) is 6.28. The largest absolute Gasteiger partial charge is 0.465 e. The topological polar surface area (TPSA) is 92.3 Å². The van der Waals surface area contributed by atoms with Gasteiger partial charge in [-0.25, -0.2) is 4.79 Å². The molecule has 1 aromatic heterocycles. The number of hydrogen-bond donors (Lipinski definition) is 3. The van der Waals surface area contributed by atoms with Gasteiger partial charge in [0.15, 0.2) is 0 Å². The minimum atomic E-state index is -0.454. The van der Waals surface area contributed by atoms with Crippen LogP contribution in [-0.4, -0.2) is 30.5 Å². The molecular weight excluding hydrogens is 404 g/mol. The van der Waals surface area contributed by atoms with Crippen molar-refractivity contribution in [3.63, 3.8) is 0 Å². The Morgan fingerprint density at radius 2 is 1.78 bits per heavy atom. The smallest absolute Gasteiger partial charge is 0.337 e. The molecule has 1 amide bonds. The number of carbonyl (C=O) groups is 2. The number of methoxy groups -OCH3 is 1. The third-order valence-corrected chi connectivity index (χ3v) is 5.21. The summed E-state index contributed by atoms with van der Waals surface area (Å²) < 4.78 is 4.79. The minimum absolute atomic E-state index is 0.245. The molecule has 2 aromatic carbocycles. The number of rotatable bonds is 7. The maximum Gasteiger partial charge on any atom is 0.337 e. The van der Waals surface area contributed by atoms with E-state index in [4.69, 9.17) is 4.74 Å². The Morgan fingerprint density at radius 1 is 1.03 bits per heavy atom. The lowest BCUT2D eigenvalue weighted by Gasteiger charge is -2.15. The average molecular weight is 428 g/mol. The van der Waals surface area contributed by atoms with Gasteiger partial charge >= 0.3 is 5.97 Å². The van der Waals surface area contributed by atoms with Crippen molar-refractivity contribution in [1.82, 2.24) is 10.3 Å². The summed E-state index contributed by atoms with van der Waals surface area (Å²) in [6.45, 7) is 3.78. The molecule has 2 heterocycles. The fourth-order valence-electron chi connectivity index (χ4n) is 3.58. The van der Waals surface area contributed by atoms with Crippen LogP contribution in [0.3, 0.4) is 0 Å². The van der Waals surface area contributed by atoms with Gasteiger partial charge in [0, 0.05) is 35.8 Å². The van der Waals surface area contributed by atoms with Gasteiger partial charge < -0.3 is 20.7 Å². The Balaban J connectivity index is 1.76. The molecule has 162 valence electrons. The van der Waals surface area contributed by atoms with E-state index >= 15 is 0 Å². The molecule has 1 aliphatic heterocycles. The summed E-state index contributed by atoms with van der Waals surface area (Å²) in [7, 11) is 1.33.